The predicted octanol–water partition coefficient (Wildman–Crippen LogP) is 2.08. The Hall–Kier alpha value is -3.57. The van der Waals surface area contributed by atoms with Crippen LogP contribution in [0.4, 0.5) is 0 Å². The molecule has 9 nitrogen and oxygen atoms in total. The van der Waals surface area contributed by atoms with Crippen molar-refractivity contribution in [1.29, 1.82) is 0 Å². The Kier molecular flexibility index (Phi) is 8.03. The second-order valence-electron chi connectivity index (χ2n) is 8.77. The fourth-order valence-corrected chi connectivity index (χ4v) is 5.57. The Bertz CT molecular complexity index is 1330. The Morgan fingerprint density at radius 2 is 1.30 bits per heavy atom. The van der Waals surface area contributed by atoms with E-state index in [1.165, 1.54) is 36.4 Å². The topological polar surface area (TPSA) is 139 Å². The first-order valence-corrected chi connectivity index (χ1v) is 13.1. The van der Waals surface area contributed by atoms with Gasteiger partial charge >= 0.3 is 11.9 Å². The van der Waals surface area contributed by atoms with Gasteiger partial charge in [0.05, 0.1) is 28.7 Å². The highest BCUT2D eigenvalue weighted by molar-refractivity contribution is 7.89. The first-order valence-electron chi connectivity index (χ1n) is 11.6. The van der Waals surface area contributed by atoms with Crippen molar-refractivity contribution in [3.63, 3.8) is 0 Å². The number of aliphatic hydroxyl groups is 2. The van der Waals surface area contributed by atoms with Crippen LogP contribution in [0, 0.1) is 12.8 Å². The number of esters is 2. The maximum absolute atomic E-state index is 13.1. The van der Waals surface area contributed by atoms with Gasteiger partial charge in [-0.05, 0) is 43.3 Å². The van der Waals surface area contributed by atoms with E-state index >= 15 is 0 Å². The first kappa shape index (κ1) is 26.5. The minimum absolute atomic E-state index is 0.0513. The smallest absolute Gasteiger partial charge is 0.338 e. The number of hydrogen-bond donors (Lipinski definition) is 3. The summed E-state index contributed by atoms with van der Waals surface area (Å²) in [6.07, 6.45) is -4.42. The molecule has 3 aromatic rings. The zero-order valence-electron chi connectivity index (χ0n) is 19.9. The average molecular weight is 526 g/mol. The zero-order valence-corrected chi connectivity index (χ0v) is 20.7. The molecule has 3 aromatic carbocycles. The van der Waals surface area contributed by atoms with Crippen molar-refractivity contribution in [2.24, 2.45) is 5.92 Å². The van der Waals surface area contributed by atoms with Crippen molar-refractivity contribution in [2.45, 2.75) is 36.2 Å². The third-order valence-electron chi connectivity index (χ3n) is 6.25. The number of nitrogens with one attached hydrogen (secondary N) is 1. The molecule has 0 aliphatic heterocycles. The summed E-state index contributed by atoms with van der Waals surface area (Å²) in [5.74, 6) is -2.69. The molecule has 0 saturated heterocycles. The van der Waals surface area contributed by atoms with Crippen LogP contribution < -0.4 is 4.72 Å². The van der Waals surface area contributed by atoms with E-state index in [1.54, 1.807) is 48.5 Å². The Labute approximate surface area is 214 Å². The van der Waals surface area contributed by atoms with Crippen LogP contribution in [0.3, 0.4) is 0 Å². The van der Waals surface area contributed by atoms with Gasteiger partial charge < -0.3 is 19.7 Å². The first-order chi connectivity index (χ1) is 17.7. The Balaban J connectivity index is 1.65. The number of ether oxygens (including phenoxy) is 2. The molecule has 0 spiro atoms. The molecule has 1 fully saturated rings. The van der Waals surface area contributed by atoms with Gasteiger partial charge in [0.1, 0.15) is 12.2 Å². The maximum atomic E-state index is 13.1. The van der Waals surface area contributed by atoms with E-state index in [-0.39, 0.29) is 16.0 Å². The molecule has 4 rings (SSSR count). The van der Waals surface area contributed by atoms with E-state index in [1.807, 2.05) is 6.92 Å². The van der Waals surface area contributed by atoms with Crippen molar-refractivity contribution in [3.05, 3.63) is 102 Å². The lowest BCUT2D eigenvalue weighted by Gasteiger charge is -2.25. The van der Waals surface area contributed by atoms with Gasteiger partial charge in [-0.2, -0.15) is 0 Å². The lowest BCUT2D eigenvalue weighted by molar-refractivity contribution is -0.0630. The van der Waals surface area contributed by atoms with Crippen molar-refractivity contribution in [2.75, 3.05) is 6.61 Å². The van der Waals surface area contributed by atoms with Crippen molar-refractivity contribution < 1.29 is 37.7 Å². The van der Waals surface area contributed by atoms with Crippen LogP contribution in [0.15, 0.2) is 89.8 Å². The van der Waals surface area contributed by atoms with Gasteiger partial charge in [-0.15, -0.1) is 0 Å². The second-order valence-corrected chi connectivity index (χ2v) is 10.5. The zero-order chi connectivity index (χ0) is 26.6. The number of hydrogen-bond acceptors (Lipinski definition) is 8. The molecule has 5 atom stereocenters. The van der Waals surface area contributed by atoms with Crippen LogP contribution in [0.5, 0.6) is 0 Å². The van der Waals surface area contributed by atoms with Crippen molar-refractivity contribution in [3.8, 4) is 0 Å². The lowest BCUT2D eigenvalue weighted by Crippen LogP contribution is -2.47. The molecule has 0 heterocycles. The molecule has 37 heavy (non-hydrogen) atoms. The third-order valence-corrected chi connectivity index (χ3v) is 7.73. The number of carbonyl (C=O) groups excluding carboxylic acids is 2. The number of carbonyl (C=O) groups is 2. The summed E-state index contributed by atoms with van der Waals surface area (Å²) >= 11 is 0. The summed E-state index contributed by atoms with van der Waals surface area (Å²) < 4.78 is 39.7. The third kappa shape index (κ3) is 5.89. The summed E-state index contributed by atoms with van der Waals surface area (Å²) in [6.45, 7) is 1.15. The maximum Gasteiger partial charge on any atom is 0.338 e. The molecule has 0 bridgehead atoms. The van der Waals surface area contributed by atoms with E-state index in [0.29, 0.717) is 0 Å². The standard InChI is InChI=1S/C27H27NO8S/c1-17-12-14-20(15-13-17)37(33,34)28-22-21(16-29)24(35-26(31)18-8-4-2-5-9-18)25(23(22)30)36-27(32)19-10-6-3-7-11-19/h2-15,21-25,28-30H,16H2,1H3/t21-,22-,23-,24+,25+/m0/s1. The van der Waals surface area contributed by atoms with E-state index in [9.17, 15) is 28.2 Å². The number of benzene rings is 3. The van der Waals surface area contributed by atoms with Gasteiger partial charge in [0.2, 0.25) is 10.0 Å². The SMILES string of the molecule is Cc1ccc(S(=O)(=O)N[C@@H]2[C@H](O)[C@@H](OC(=O)c3ccccc3)[C@H](OC(=O)c3ccccc3)[C@H]2CO)cc1. The summed E-state index contributed by atoms with van der Waals surface area (Å²) in [4.78, 5) is 25.6. The van der Waals surface area contributed by atoms with Gasteiger partial charge in [0, 0.05) is 5.92 Å². The number of aliphatic hydroxyl groups excluding tert-OH is 2. The number of sulfonamides is 1. The number of aryl methyl sites for hydroxylation is 1. The highest BCUT2D eigenvalue weighted by atomic mass is 32.2. The Morgan fingerprint density at radius 3 is 1.78 bits per heavy atom. The quantitative estimate of drug-likeness (QED) is 0.380. The summed E-state index contributed by atoms with van der Waals surface area (Å²) in [6, 6.07) is 20.8. The predicted molar refractivity (Wildman–Crippen MR) is 133 cm³/mol. The van der Waals surface area contributed by atoms with Gasteiger partial charge in [-0.3, -0.25) is 0 Å². The van der Waals surface area contributed by atoms with Gasteiger partial charge in [-0.25, -0.2) is 22.7 Å². The largest absolute Gasteiger partial charge is 0.454 e. The van der Waals surface area contributed by atoms with Crippen molar-refractivity contribution in [1.82, 2.24) is 4.72 Å². The Morgan fingerprint density at radius 1 is 0.811 bits per heavy atom. The highest BCUT2D eigenvalue weighted by Gasteiger charge is 2.55. The van der Waals surface area contributed by atoms with Crippen LogP contribution in [-0.4, -0.2) is 61.5 Å². The molecule has 10 heteroatoms. The van der Waals surface area contributed by atoms with Gasteiger partial charge in [0.25, 0.3) is 0 Å². The monoisotopic (exact) mass is 525 g/mol. The second kappa shape index (κ2) is 11.2. The minimum Gasteiger partial charge on any atom is -0.454 e. The fraction of sp³-hybridized carbons (Fsp3) is 0.259. The molecule has 0 radical (unpaired) electrons. The minimum atomic E-state index is -4.15. The van der Waals surface area contributed by atoms with E-state index in [4.69, 9.17) is 9.47 Å². The van der Waals surface area contributed by atoms with Crippen molar-refractivity contribution >= 4 is 22.0 Å². The van der Waals surface area contributed by atoms with Crippen LogP contribution >= 0.6 is 0 Å². The van der Waals surface area contributed by atoms with E-state index in [0.717, 1.165) is 5.56 Å². The number of rotatable bonds is 8. The molecular formula is C27H27NO8S. The molecule has 1 aliphatic rings. The highest BCUT2D eigenvalue weighted by Crippen LogP contribution is 2.34. The van der Waals surface area contributed by atoms with Crippen LogP contribution in [0.25, 0.3) is 0 Å². The molecule has 1 saturated carbocycles. The molecule has 0 amide bonds. The van der Waals surface area contributed by atoms with E-state index in [2.05, 4.69) is 4.72 Å². The van der Waals surface area contributed by atoms with E-state index < -0.39 is 58.8 Å². The van der Waals surface area contributed by atoms with Gasteiger partial charge in [0.15, 0.2) is 6.10 Å². The average Bonchev–Trinajstić information content (AvgIpc) is 3.14. The normalized spacial score (nSPS) is 23.4. The molecule has 0 unspecified atom stereocenters. The summed E-state index contributed by atoms with van der Waals surface area (Å²) in [7, 11) is -4.15. The molecule has 0 aromatic heterocycles. The lowest BCUT2D eigenvalue weighted by atomic mass is 10.0. The molecule has 3 N–H and O–H groups in total. The van der Waals surface area contributed by atoms with Crippen LogP contribution in [0.2, 0.25) is 0 Å². The van der Waals surface area contributed by atoms with Crippen LogP contribution in [-0.2, 0) is 19.5 Å². The molecular weight excluding hydrogens is 498 g/mol. The summed E-state index contributed by atoms with van der Waals surface area (Å²) in [5, 5.41) is 21.4. The van der Waals surface area contributed by atoms with Crippen LogP contribution in [0.1, 0.15) is 26.3 Å². The van der Waals surface area contributed by atoms with Gasteiger partial charge in [-0.1, -0.05) is 54.1 Å². The fourth-order valence-electron chi connectivity index (χ4n) is 4.26. The molecule has 194 valence electrons. The summed E-state index contributed by atoms with van der Waals surface area (Å²) in [5.41, 5.74) is 1.24. The molecule has 1 aliphatic carbocycles.